The molecule has 0 radical (unpaired) electrons. The second-order valence-electron chi connectivity index (χ2n) is 24.4. The molecule has 0 bridgehead atoms. The van der Waals surface area contributed by atoms with Crippen molar-refractivity contribution in [3.63, 3.8) is 0 Å². The first-order valence-electron chi connectivity index (χ1n) is 32.0. The van der Waals surface area contributed by atoms with Crippen LogP contribution in [0.3, 0.4) is 0 Å². The second-order valence-corrected chi connectivity index (χ2v) is 24.4. The molecule has 7 heteroatoms. The van der Waals surface area contributed by atoms with Crippen LogP contribution in [0.4, 0.5) is 0 Å². The van der Waals surface area contributed by atoms with Crippen molar-refractivity contribution < 1.29 is 0 Å². The summed E-state index contributed by atoms with van der Waals surface area (Å²) in [6.45, 7) is 0. The van der Waals surface area contributed by atoms with Crippen LogP contribution in [0.5, 0.6) is 0 Å². The van der Waals surface area contributed by atoms with Crippen molar-refractivity contribution >= 4 is 87.2 Å². The van der Waals surface area contributed by atoms with Gasteiger partial charge in [0.15, 0.2) is 17.5 Å². The number of nitrogens with zero attached hydrogens (tertiary/aromatic N) is 7. The van der Waals surface area contributed by atoms with E-state index in [1.807, 2.05) is 60.7 Å². The standard InChI is InChI=1S/C87H55N7/c1-5-21-56(22-6-1)62-49-63(57-23-7-2-8-24-57)51-64(50-62)61-39-45-81-73(52-61)74-53-68(42-46-82(74)91(81)65-40-37-60(38-41-65)87-89-85(58-25-9-3-10-26-58)88-86(90-87)59-27-11-4-12-28-59)94-83-47-43-66(92-77-33-17-13-29-69(77)70-30-14-18-34-78(70)92)54-75(83)76-55-67(44-48-84(76)94)93-79-35-19-15-31-71(79)72-32-16-20-36-80(72)93/h1-55H. The fraction of sp³-hybridized carbons (Fsp3) is 0. The van der Waals surface area contributed by atoms with E-state index < -0.39 is 0 Å². The van der Waals surface area contributed by atoms with Crippen LogP contribution < -0.4 is 0 Å². The van der Waals surface area contributed by atoms with Gasteiger partial charge in [-0.2, -0.15) is 0 Å². The lowest BCUT2D eigenvalue weighted by atomic mass is 9.93. The fourth-order valence-electron chi connectivity index (χ4n) is 14.7. The van der Waals surface area contributed by atoms with Crippen molar-refractivity contribution in [2.45, 2.75) is 0 Å². The first-order valence-corrected chi connectivity index (χ1v) is 32.0. The normalized spacial score (nSPS) is 11.8. The number of hydrogen-bond acceptors (Lipinski definition) is 3. The van der Waals surface area contributed by atoms with Gasteiger partial charge >= 0.3 is 0 Å². The summed E-state index contributed by atoms with van der Waals surface area (Å²) in [5.41, 5.74) is 23.2. The van der Waals surface area contributed by atoms with Gasteiger partial charge in [0.1, 0.15) is 0 Å². The predicted octanol–water partition coefficient (Wildman–Crippen LogP) is 22.3. The summed E-state index contributed by atoms with van der Waals surface area (Å²) < 4.78 is 9.76. The van der Waals surface area contributed by atoms with E-state index in [9.17, 15) is 0 Å². The molecule has 5 aromatic heterocycles. The van der Waals surface area contributed by atoms with Crippen molar-refractivity contribution in [3.05, 3.63) is 334 Å². The lowest BCUT2D eigenvalue weighted by molar-refractivity contribution is 1.07. The minimum Gasteiger partial charge on any atom is -0.309 e. The van der Waals surface area contributed by atoms with Crippen LogP contribution >= 0.6 is 0 Å². The van der Waals surface area contributed by atoms with Crippen molar-refractivity contribution in [2.24, 2.45) is 0 Å². The van der Waals surface area contributed by atoms with Crippen LogP contribution in [-0.4, -0.2) is 33.2 Å². The van der Waals surface area contributed by atoms with E-state index in [-0.39, 0.29) is 0 Å². The molecule has 7 nitrogen and oxygen atoms in total. The summed E-state index contributed by atoms with van der Waals surface area (Å²) in [5.74, 6) is 1.87. The molecule has 0 atom stereocenters. The highest BCUT2D eigenvalue weighted by atomic mass is 15.0. The Bertz CT molecular complexity index is 5800. The topological polar surface area (TPSA) is 58.4 Å². The molecule has 5 heterocycles. The lowest BCUT2D eigenvalue weighted by Gasteiger charge is -2.13. The van der Waals surface area contributed by atoms with Gasteiger partial charge in [-0.1, -0.05) is 200 Å². The molecule has 0 aliphatic rings. The van der Waals surface area contributed by atoms with Crippen molar-refractivity contribution in [1.82, 2.24) is 33.2 Å². The molecule has 0 saturated heterocycles. The maximum absolute atomic E-state index is 5.11. The Kier molecular flexibility index (Phi) is 12.1. The molecule has 0 amide bonds. The van der Waals surface area contributed by atoms with E-state index in [0.717, 1.165) is 83.4 Å². The van der Waals surface area contributed by atoms with Gasteiger partial charge in [-0.25, -0.2) is 15.0 Å². The van der Waals surface area contributed by atoms with E-state index in [0.29, 0.717) is 17.5 Å². The minimum atomic E-state index is 0.610. The molecule has 94 heavy (non-hydrogen) atoms. The highest BCUT2D eigenvalue weighted by Gasteiger charge is 2.23. The fourth-order valence-corrected chi connectivity index (χ4v) is 14.7. The molecule has 0 aliphatic carbocycles. The Morgan fingerprint density at radius 1 is 0.149 bits per heavy atom. The summed E-state index contributed by atoms with van der Waals surface area (Å²) in [6, 6.07) is 121. The van der Waals surface area contributed by atoms with Gasteiger partial charge in [0, 0.05) is 82.5 Å². The molecular weight excluding hydrogens is 1140 g/mol. The SMILES string of the molecule is c1ccc(-c2cc(-c3ccccc3)cc(-c3ccc4c(c3)c3cc(-n5c6ccc(-n7c8ccccc8c8ccccc87)cc6c6cc(-n7c8ccccc8c8ccccc87)ccc65)ccc3n4-c3ccc(-c4nc(-c5ccccc5)nc(-c5ccccc5)n4)cc3)c2)cc1. The molecule has 438 valence electrons. The Labute approximate surface area is 541 Å². The van der Waals surface area contributed by atoms with Gasteiger partial charge in [0.05, 0.1) is 44.1 Å². The molecule has 0 saturated carbocycles. The summed E-state index contributed by atoms with van der Waals surface area (Å²) in [6.07, 6.45) is 0. The predicted molar refractivity (Wildman–Crippen MR) is 390 cm³/mol. The van der Waals surface area contributed by atoms with Gasteiger partial charge in [0.25, 0.3) is 0 Å². The molecular formula is C87H55N7. The zero-order valence-corrected chi connectivity index (χ0v) is 50.9. The smallest absolute Gasteiger partial charge is 0.164 e. The zero-order chi connectivity index (χ0) is 61.8. The first-order chi connectivity index (χ1) is 46.6. The number of fused-ring (bicyclic) bond motifs is 12. The maximum Gasteiger partial charge on any atom is 0.164 e. The molecule has 0 N–H and O–H groups in total. The summed E-state index contributed by atoms with van der Waals surface area (Å²) in [5, 5.41) is 9.55. The molecule has 19 rings (SSSR count). The van der Waals surface area contributed by atoms with Crippen molar-refractivity contribution in [3.8, 4) is 90.3 Å². The Balaban J connectivity index is 0.832. The van der Waals surface area contributed by atoms with Crippen LogP contribution in [0.25, 0.3) is 178 Å². The van der Waals surface area contributed by atoms with Crippen LogP contribution in [0.1, 0.15) is 0 Å². The van der Waals surface area contributed by atoms with Gasteiger partial charge in [-0.15, -0.1) is 0 Å². The molecule has 0 aliphatic heterocycles. The van der Waals surface area contributed by atoms with E-state index in [1.54, 1.807) is 0 Å². The van der Waals surface area contributed by atoms with Crippen LogP contribution in [0.15, 0.2) is 334 Å². The summed E-state index contributed by atoms with van der Waals surface area (Å²) >= 11 is 0. The van der Waals surface area contributed by atoms with Crippen LogP contribution in [0, 0.1) is 0 Å². The number of hydrogen-bond donors (Lipinski definition) is 0. The molecule has 0 spiro atoms. The van der Waals surface area contributed by atoms with Crippen LogP contribution in [0.2, 0.25) is 0 Å². The Morgan fingerprint density at radius 2 is 0.394 bits per heavy atom. The summed E-state index contributed by atoms with van der Waals surface area (Å²) in [7, 11) is 0. The van der Waals surface area contributed by atoms with Crippen molar-refractivity contribution in [1.29, 1.82) is 0 Å². The quantitative estimate of drug-likeness (QED) is 0.137. The number of aromatic nitrogens is 7. The zero-order valence-electron chi connectivity index (χ0n) is 50.9. The van der Waals surface area contributed by atoms with Crippen LogP contribution in [-0.2, 0) is 0 Å². The molecule has 0 unspecified atom stereocenters. The highest BCUT2D eigenvalue weighted by Crippen LogP contribution is 2.43. The minimum absolute atomic E-state index is 0.610. The third-order valence-corrected chi connectivity index (χ3v) is 19.0. The summed E-state index contributed by atoms with van der Waals surface area (Å²) in [4.78, 5) is 15.2. The number of rotatable bonds is 10. The Morgan fingerprint density at radius 3 is 0.755 bits per heavy atom. The van der Waals surface area contributed by atoms with E-state index in [1.165, 1.54) is 76.6 Å². The lowest BCUT2D eigenvalue weighted by Crippen LogP contribution is -2.00. The average molecular weight is 1200 g/mol. The average Bonchev–Trinajstić information content (AvgIpc) is 1.57. The van der Waals surface area contributed by atoms with E-state index in [4.69, 9.17) is 15.0 Å². The van der Waals surface area contributed by atoms with Gasteiger partial charge < -0.3 is 18.3 Å². The first kappa shape index (κ1) is 53.2. The van der Waals surface area contributed by atoms with Gasteiger partial charge in [-0.05, 0) is 167 Å². The maximum atomic E-state index is 5.11. The van der Waals surface area contributed by atoms with E-state index >= 15 is 0 Å². The second kappa shape index (κ2) is 21.5. The third-order valence-electron chi connectivity index (χ3n) is 19.0. The monoisotopic (exact) mass is 1200 g/mol. The van der Waals surface area contributed by atoms with Gasteiger partial charge in [0.2, 0.25) is 0 Å². The van der Waals surface area contributed by atoms with Crippen molar-refractivity contribution in [2.75, 3.05) is 0 Å². The third kappa shape index (κ3) is 8.63. The van der Waals surface area contributed by atoms with Gasteiger partial charge in [-0.3, -0.25) is 0 Å². The number of para-hydroxylation sites is 4. The highest BCUT2D eigenvalue weighted by molar-refractivity contribution is 6.16. The molecule has 0 fully saturated rings. The largest absolute Gasteiger partial charge is 0.309 e. The Hall–Kier alpha value is -12.7. The molecule has 14 aromatic carbocycles. The number of benzene rings is 14. The van der Waals surface area contributed by atoms with E-state index in [2.05, 4.69) is 291 Å². The molecule has 19 aromatic rings.